The standard InChI is InChI=1S/C21H22ClN5O2/c1-4-10-29-21-26-14-8-9-16(28-3)19(23-2)17(14)20(27-21)25-15-7-5-6-12-13(22)11-24-18(12)15/h5-9,11,23-24H,4,10H2,1-3H3,(H,25,26,27). The number of hydrogen-bond donors (Lipinski definition) is 3. The molecule has 0 saturated carbocycles. The number of ether oxygens (including phenoxy) is 2. The average Bonchev–Trinajstić information content (AvgIpc) is 3.13. The summed E-state index contributed by atoms with van der Waals surface area (Å²) in [5.41, 5.74) is 3.29. The highest BCUT2D eigenvalue weighted by Gasteiger charge is 2.17. The normalized spacial score (nSPS) is 11.0. The van der Waals surface area contributed by atoms with Crippen LogP contribution in [-0.4, -0.2) is 35.7 Å². The Bertz CT molecular complexity index is 1170. The van der Waals surface area contributed by atoms with E-state index >= 15 is 0 Å². The molecule has 2 aromatic heterocycles. The number of rotatable bonds is 7. The Morgan fingerprint density at radius 2 is 2.03 bits per heavy atom. The second-order valence-corrected chi connectivity index (χ2v) is 6.89. The van der Waals surface area contributed by atoms with Gasteiger partial charge >= 0.3 is 6.01 Å². The largest absolute Gasteiger partial charge is 0.495 e. The second-order valence-electron chi connectivity index (χ2n) is 6.48. The Morgan fingerprint density at radius 1 is 1.17 bits per heavy atom. The zero-order valence-corrected chi connectivity index (χ0v) is 17.2. The minimum atomic E-state index is 0.325. The van der Waals surface area contributed by atoms with E-state index in [4.69, 9.17) is 21.1 Å². The fourth-order valence-corrected chi connectivity index (χ4v) is 3.52. The summed E-state index contributed by atoms with van der Waals surface area (Å²) in [6.07, 6.45) is 2.64. The second kappa shape index (κ2) is 8.05. The van der Waals surface area contributed by atoms with Crippen LogP contribution in [0.3, 0.4) is 0 Å². The van der Waals surface area contributed by atoms with Crippen LogP contribution in [0.4, 0.5) is 17.2 Å². The highest BCUT2D eigenvalue weighted by Crippen LogP contribution is 2.39. The van der Waals surface area contributed by atoms with Crippen molar-refractivity contribution in [3.63, 3.8) is 0 Å². The van der Waals surface area contributed by atoms with Crippen molar-refractivity contribution in [1.82, 2.24) is 15.0 Å². The van der Waals surface area contributed by atoms with E-state index in [-0.39, 0.29) is 0 Å². The molecule has 3 N–H and O–H groups in total. The number of para-hydroxylation sites is 1. The van der Waals surface area contributed by atoms with Crippen molar-refractivity contribution in [2.75, 3.05) is 31.4 Å². The highest BCUT2D eigenvalue weighted by molar-refractivity contribution is 6.36. The van der Waals surface area contributed by atoms with E-state index < -0.39 is 0 Å². The number of aromatic amines is 1. The van der Waals surface area contributed by atoms with Gasteiger partial charge in [-0.1, -0.05) is 30.7 Å². The number of aromatic nitrogens is 3. The van der Waals surface area contributed by atoms with Gasteiger partial charge in [0.2, 0.25) is 0 Å². The molecule has 0 unspecified atom stereocenters. The van der Waals surface area contributed by atoms with Crippen LogP contribution in [0.5, 0.6) is 11.8 Å². The van der Waals surface area contributed by atoms with Gasteiger partial charge in [-0.15, -0.1) is 0 Å². The van der Waals surface area contributed by atoms with Gasteiger partial charge in [0.1, 0.15) is 11.6 Å². The van der Waals surface area contributed by atoms with Crippen LogP contribution < -0.4 is 20.1 Å². The number of fused-ring (bicyclic) bond motifs is 2. The molecule has 4 rings (SSSR count). The molecule has 0 saturated heterocycles. The fraction of sp³-hybridized carbons (Fsp3) is 0.238. The lowest BCUT2D eigenvalue weighted by molar-refractivity contribution is 0.294. The van der Waals surface area contributed by atoms with Crippen LogP contribution in [0.2, 0.25) is 5.02 Å². The minimum Gasteiger partial charge on any atom is -0.495 e. The molecule has 0 atom stereocenters. The van der Waals surface area contributed by atoms with Crippen molar-refractivity contribution in [1.29, 1.82) is 0 Å². The molecule has 0 aliphatic rings. The van der Waals surface area contributed by atoms with E-state index in [1.807, 2.05) is 44.3 Å². The molecular weight excluding hydrogens is 390 g/mol. The number of halogens is 1. The van der Waals surface area contributed by atoms with Crippen LogP contribution >= 0.6 is 11.6 Å². The van der Waals surface area contributed by atoms with Gasteiger partial charge in [-0.25, -0.2) is 0 Å². The highest BCUT2D eigenvalue weighted by atomic mass is 35.5. The van der Waals surface area contributed by atoms with Gasteiger partial charge in [0.05, 0.1) is 46.5 Å². The van der Waals surface area contributed by atoms with Crippen LogP contribution in [0.25, 0.3) is 21.8 Å². The third-order valence-electron chi connectivity index (χ3n) is 4.63. The monoisotopic (exact) mass is 411 g/mol. The van der Waals surface area contributed by atoms with E-state index in [0.717, 1.165) is 39.6 Å². The van der Waals surface area contributed by atoms with E-state index in [1.165, 1.54) is 0 Å². The van der Waals surface area contributed by atoms with Crippen molar-refractivity contribution in [3.05, 3.63) is 41.6 Å². The topological polar surface area (TPSA) is 84.1 Å². The van der Waals surface area contributed by atoms with Crippen molar-refractivity contribution in [2.24, 2.45) is 0 Å². The molecule has 0 bridgehead atoms. The van der Waals surface area contributed by atoms with Crippen molar-refractivity contribution in [3.8, 4) is 11.8 Å². The number of nitrogens with zero attached hydrogens (tertiary/aromatic N) is 2. The lowest BCUT2D eigenvalue weighted by atomic mass is 10.1. The van der Waals surface area contributed by atoms with E-state index in [2.05, 4.69) is 25.6 Å². The number of anilines is 3. The first kappa shape index (κ1) is 19.1. The third-order valence-corrected chi connectivity index (χ3v) is 4.94. The van der Waals surface area contributed by atoms with Crippen LogP contribution in [-0.2, 0) is 0 Å². The summed E-state index contributed by atoms with van der Waals surface area (Å²) in [5, 5.41) is 9.05. The number of H-pyrrole nitrogens is 1. The first-order valence-electron chi connectivity index (χ1n) is 9.38. The van der Waals surface area contributed by atoms with Crippen molar-refractivity contribution < 1.29 is 9.47 Å². The van der Waals surface area contributed by atoms with Crippen molar-refractivity contribution in [2.45, 2.75) is 13.3 Å². The molecule has 4 aromatic rings. The van der Waals surface area contributed by atoms with Crippen molar-refractivity contribution >= 4 is 50.6 Å². The molecule has 0 aliphatic carbocycles. The minimum absolute atomic E-state index is 0.325. The summed E-state index contributed by atoms with van der Waals surface area (Å²) >= 11 is 6.28. The molecule has 2 heterocycles. The van der Waals surface area contributed by atoms with Crippen LogP contribution in [0, 0.1) is 0 Å². The smallest absolute Gasteiger partial charge is 0.318 e. The molecular formula is C21H22ClN5O2. The quantitative estimate of drug-likeness (QED) is 0.380. The van der Waals surface area contributed by atoms with Crippen LogP contribution in [0.15, 0.2) is 36.5 Å². The van der Waals surface area contributed by atoms with E-state index in [0.29, 0.717) is 29.2 Å². The Hall–Kier alpha value is -3.19. The predicted octanol–water partition coefficient (Wildman–Crippen LogP) is 5.35. The summed E-state index contributed by atoms with van der Waals surface area (Å²) in [4.78, 5) is 12.4. The Labute approximate surface area is 173 Å². The molecule has 0 fully saturated rings. The van der Waals surface area contributed by atoms with Gasteiger partial charge in [0.15, 0.2) is 0 Å². The predicted molar refractivity (Wildman–Crippen MR) is 118 cm³/mol. The molecule has 0 amide bonds. The zero-order valence-electron chi connectivity index (χ0n) is 16.5. The summed E-state index contributed by atoms with van der Waals surface area (Å²) in [7, 11) is 3.48. The average molecular weight is 412 g/mol. The fourth-order valence-electron chi connectivity index (χ4n) is 3.30. The van der Waals surface area contributed by atoms with Gasteiger partial charge in [-0.05, 0) is 24.6 Å². The van der Waals surface area contributed by atoms with Crippen LogP contribution in [0.1, 0.15) is 13.3 Å². The molecule has 7 nitrogen and oxygen atoms in total. The Kier molecular flexibility index (Phi) is 5.31. The van der Waals surface area contributed by atoms with E-state index in [1.54, 1.807) is 13.3 Å². The number of hydrogen-bond acceptors (Lipinski definition) is 6. The van der Waals surface area contributed by atoms with E-state index in [9.17, 15) is 0 Å². The van der Waals surface area contributed by atoms with Gasteiger partial charge in [-0.2, -0.15) is 9.97 Å². The van der Waals surface area contributed by atoms with Gasteiger partial charge in [0, 0.05) is 18.6 Å². The Morgan fingerprint density at radius 3 is 2.79 bits per heavy atom. The molecule has 150 valence electrons. The summed E-state index contributed by atoms with van der Waals surface area (Å²) < 4.78 is 11.2. The maximum atomic E-state index is 6.28. The maximum Gasteiger partial charge on any atom is 0.318 e. The molecule has 2 aromatic carbocycles. The number of benzene rings is 2. The molecule has 8 heteroatoms. The zero-order chi connectivity index (χ0) is 20.4. The lowest BCUT2D eigenvalue weighted by Gasteiger charge is -2.16. The summed E-state index contributed by atoms with van der Waals surface area (Å²) in [6, 6.07) is 9.98. The maximum absolute atomic E-state index is 6.28. The van der Waals surface area contributed by atoms with Gasteiger partial charge < -0.3 is 25.1 Å². The Balaban J connectivity index is 1.92. The first-order valence-corrected chi connectivity index (χ1v) is 9.76. The molecule has 0 spiro atoms. The number of nitrogens with one attached hydrogen (secondary N) is 3. The van der Waals surface area contributed by atoms with Gasteiger partial charge in [-0.3, -0.25) is 0 Å². The van der Waals surface area contributed by atoms with Gasteiger partial charge in [0.25, 0.3) is 0 Å². The molecule has 0 radical (unpaired) electrons. The summed E-state index contributed by atoms with van der Waals surface area (Å²) in [5.74, 6) is 1.32. The lowest BCUT2D eigenvalue weighted by Crippen LogP contribution is -2.05. The summed E-state index contributed by atoms with van der Waals surface area (Å²) in [6.45, 7) is 2.58. The SMILES string of the molecule is CCCOc1nc(Nc2cccc3c(Cl)c[nH]c23)c2c(NC)c(OC)ccc2n1. The third kappa shape index (κ3) is 3.49. The molecule has 0 aliphatic heterocycles. The number of methoxy groups -OCH3 is 1. The first-order chi connectivity index (χ1) is 14.2. The molecule has 29 heavy (non-hydrogen) atoms.